The lowest BCUT2D eigenvalue weighted by Gasteiger charge is -2.11. The van der Waals surface area contributed by atoms with Crippen LogP contribution in [0.15, 0.2) is 47.4 Å². The Labute approximate surface area is 101 Å². The fourth-order valence-corrected chi connectivity index (χ4v) is 2.00. The molecule has 16 heavy (non-hydrogen) atoms. The van der Waals surface area contributed by atoms with Crippen LogP contribution in [0.3, 0.4) is 0 Å². The van der Waals surface area contributed by atoms with E-state index in [9.17, 15) is 4.79 Å². The van der Waals surface area contributed by atoms with Gasteiger partial charge in [0.25, 0.3) is 0 Å². The molecule has 0 aliphatic carbocycles. The predicted molar refractivity (Wildman–Crippen MR) is 67.5 cm³/mol. The van der Waals surface area contributed by atoms with Gasteiger partial charge in [0.2, 0.25) is 0 Å². The Balaban J connectivity index is 2.34. The molecule has 0 bridgehead atoms. The van der Waals surface area contributed by atoms with E-state index in [-0.39, 0.29) is 11.2 Å². The number of hydrogen-bond acceptors (Lipinski definition) is 3. The average molecular weight is 236 g/mol. The molecule has 1 aromatic carbocycles. The highest BCUT2D eigenvalue weighted by atomic mass is 32.2. The van der Waals surface area contributed by atoms with Gasteiger partial charge in [0.05, 0.1) is 0 Å². The number of carbonyl (C=O) groups excluding carboxylic acids is 1. The molecule has 0 heterocycles. The largest absolute Gasteiger partial charge is 0.461 e. The van der Waals surface area contributed by atoms with Gasteiger partial charge in [-0.05, 0) is 26.0 Å². The first-order valence-electron chi connectivity index (χ1n) is 5.14. The molecule has 1 unspecified atom stereocenters. The molecule has 0 N–H and O–H groups in total. The lowest BCUT2D eigenvalue weighted by molar-refractivity contribution is -0.138. The molecule has 0 saturated carbocycles. The number of hydrogen-bond donors (Lipinski definition) is 0. The molecule has 0 amide bonds. The summed E-state index contributed by atoms with van der Waals surface area (Å²) in [6.07, 6.45) is 0. The smallest absolute Gasteiger partial charge is 0.333 e. The van der Waals surface area contributed by atoms with E-state index in [0.717, 1.165) is 0 Å². The molecule has 0 fully saturated rings. The molecule has 1 aromatic rings. The Morgan fingerprint density at radius 2 is 2.06 bits per heavy atom. The number of carbonyl (C=O) groups is 1. The van der Waals surface area contributed by atoms with Crippen LogP contribution in [0.1, 0.15) is 13.8 Å². The van der Waals surface area contributed by atoms with Gasteiger partial charge < -0.3 is 4.74 Å². The van der Waals surface area contributed by atoms with E-state index in [1.807, 2.05) is 37.3 Å². The minimum Gasteiger partial charge on any atom is -0.461 e. The lowest BCUT2D eigenvalue weighted by Crippen LogP contribution is -2.13. The zero-order chi connectivity index (χ0) is 12.0. The number of benzene rings is 1. The third-order valence-electron chi connectivity index (χ3n) is 1.88. The van der Waals surface area contributed by atoms with Crippen molar-refractivity contribution in [2.75, 3.05) is 6.61 Å². The summed E-state index contributed by atoms with van der Waals surface area (Å²) in [5.41, 5.74) is 0.442. The maximum absolute atomic E-state index is 11.2. The molecule has 86 valence electrons. The van der Waals surface area contributed by atoms with Crippen molar-refractivity contribution >= 4 is 17.7 Å². The van der Waals surface area contributed by atoms with Crippen LogP contribution in [-0.2, 0) is 9.53 Å². The highest BCUT2D eigenvalue weighted by molar-refractivity contribution is 8.00. The van der Waals surface area contributed by atoms with Gasteiger partial charge in [-0.15, -0.1) is 11.8 Å². The van der Waals surface area contributed by atoms with E-state index in [4.69, 9.17) is 4.74 Å². The van der Waals surface area contributed by atoms with Crippen molar-refractivity contribution in [1.29, 1.82) is 0 Å². The third-order valence-corrected chi connectivity index (χ3v) is 2.96. The monoisotopic (exact) mass is 236 g/mol. The number of ether oxygens (including phenoxy) is 1. The second kappa shape index (κ2) is 6.38. The number of rotatable bonds is 5. The summed E-state index contributed by atoms with van der Waals surface area (Å²) >= 11 is 1.69. The van der Waals surface area contributed by atoms with Crippen LogP contribution in [0.5, 0.6) is 0 Å². The van der Waals surface area contributed by atoms with Crippen LogP contribution in [0, 0.1) is 0 Å². The average Bonchev–Trinajstić information content (AvgIpc) is 2.27. The summed E-state index contributed by atoms with van der Waals surface area (Å²) in [7, 11) is 0. The van der Waals surface area contributed by atoms with E-state index in [1.54, 1.807) is 18.7 Å². The van der Waals surface area contributed by atoms with Crippen molar-refractivity contribution in [2.24, 2.45) is 0 Å². The zero-order valence-electron chi connectivity index (χ0n) is 9.60. The summed E-state index contributed by atoms with van der Waals surface area (Å²) in [5, 5.41) is 0.241. The molecule has 0 aliphatic rings. The van der Waals surface area contributed by atoms with Crippen LogP contribution in [0.4, 0.5) is 0 Å². The minimum atomic E-state index is -0.319. The van der Waals surface area contributed by atoms with Gasteiger partial charge in [0.1, 0.15) is 6.61 Å². The highest BCUT2D eigenvalue weighted by Crippen LogP contribution is 2.22. The zero-order valence-corrected chi connectivity index (χ0v) is 10.4. The molecule has 0 aromatic heterocycles. The van der Waals surface area contributed by atoms with Gasteiger partial charge >= 0.3 is 5.97 Å². The SMILES string of the molecule is C=C(C)C(=O)OCC(C)Sc1ccccc1. The van der Waals surface area contributed by atoms with Gasteiger partial charge in [0, 0.05) is 15.7 Å². The van der Waals surface area contributed by atoms with Crippen LogP contribution < -0.4 is 0 Å². The van der Waals surface area contributed by atoms with Gasteiger partial charge in [-0.25, -0.2) is 4.79 Å². The Bertz CT molecular complexity index is 359. The first kappa shape index (κ1) is 12.8. The maximum atomic E-state index is 11.2. The summed E-state index contributed by atoms with van der Waals surface area (Å²) in [6, 6.07) is 10.1. The molecular formula is C13H16O2S. The van der Waals surface area contributed by atoms with Gasteiger partial charge in [-0.1, -0.05) is 24.8 Å². The van der Waals surface area contributed by atoms with Crippen LogP contribution in [-0.4, -0.2) is 17.8 Å². The summed E-state index contributed by atoms with van der Waals surface area (Å²) < 4.78 is 5.08. The van der Waals surface area contributed by atoms with Crippen LogP contribution in [0.2, 0.25) is 0 Å². The van der Waals surface area contributed by atoms with Crippen LogP contribution >= 0.6 is 11.8 Å². The molecule has 0 saturated heterocycles. The van der Waals surface area contributed by atoms with Gasteiger partial charge in [-0.2, -0.15) is 0 Å². The van der Waals surface area contributed by atoms with Gasteiger partial charge in [-0.3, -0.25) is 0 Å². The molecular weight excluding hydrogens is 220 g/mol. The molecule has 0 radical (unpaired) electrons. The highest BCUT2D eigenvalue weighted by Gasteiger charge is 2.08. The van der Waals surface area contributed by atoms with Gasteiger partial charge in [0.15, 0.2) is 0 Å². The second-order valence-corrected chi connectivity index (χ2v) is 5.13. The molecule has 0 aliphatic heterocycles. The summed E-state index contributed by atoms with van der Waals surface area (Å²) in [4.78, 5) is 12.4. The molecule has 1 atom stereocenters. The van der Waals surface area contributed by atoms with E-state index in [2.05, 4.69) is 6.58 Å². The fraction of sp³-hybridized carbons (Fsp3) is 0.308. The van der Waals surface area contributed by atoms with Crippen molar-refractivity contribution in [3.05, 3.63) is 42.5 Å². The molecule has 3 heteroatoms. The van der Waals surface area contributed by atoms with Crippen LogP contribution in [0.25, 0.3) is 0 Å². The number of thioether (sulfide) groups is 1. The Morgan fingerprint density at radius 1 is 1.44 bits per heavy atom. The van der Waals surface area contributed by atoms with Crippen molar-refractivity contribution in [2.45, 2.75) is 24.0 Å². The van der Waals surface area contributed by atoms with Crippen molar-refractivity contribution in [3.8, 4) is 0 Å². The lowest BCUT2D eigenvalue weighted by atomic mass is 10.4. The Hall–Kier alpha value is -1.22. The van der Waals surface area contributed by atoms with E-state index in [0.29, 0.717) is 12.2 Å². The Kier molecular flexibility index (Phi) is 5.12. The van der Waals surface area contributed by atoms with E-state index < -0.39 is 0 Å². The first-order valence-corrected chi connectivity index (χ1v) is 6.02. The molecule has 2 nitrogen and oxygen atoms in total. The summed E-state index contributed by atoms with van der Waals surface area (Å²) in [6.45, 7) is 7.62. The van der Waals surface area contributed by atoms with Crippen molar-refractivity contribution in [1.82, 2.24) is 0 Å². The van der Waals surface area contributed by atoms with E-state index >= 15 is 0 Å². The quantitative estimate of drug-likeness (QED) is 0.446. The molecule has 0 spiro atoms. The second-order valence-electron chi connectivity index (χ2n) is 3.62. The topological polar surface area (TPSA) is 26.3 Å². The third kappa shape index (κ3) is 4.53. The maximum Gasteiger partial charge on any atom is 0.333 e. The first-order chi connectivity index (χ1) is 7.59. The minimum absolute atomic E-state index is 0.241. The Morgan fingerprint density at radius 3 is 2.62 bits per heavy atom. The summed E-state index contributed by atoms with van der Waals surface area (Å²) in [5.74, 6) is -0.319. The fourth-order valence-electron chi connectivity index (χ4n) is 1.08. The number of esters is 1. The van der Waals surface area contributed by atoms with Crippen molar-refractivity contribution < 1.29 is 9.53 Å². The van der Waals surface area contributed by atoms with E-state index in [1.165, 1.54) is 4.90 Å². The predicted octanol–water partition coefficient (Wildman–Crippen LogP) is 3.29. The molecule has 1 rings (SSSR count). The normalized spacial score (nSPS) is 11.9. The van der Waals surface area contributed by atoms with Crippen molar-refractivity contribution in [3.63, 3.8) is 0 Å². The standard InChI is InChI=1S/C13H16O2S/c1-10(2)13(14)15-9-11(3)16-12-7-5-4-6-8-12/h4-8,11H,1,9H2,2-3H3.